The molecule has 0 aliphatic rings. The second-order valence-electron chi connectivity index (χ2n) is 7.19. The highest BCUT2D eigenvalue weighted by molar-refractivity contribution is 5.96. The van der Waals surface area contributed by atoms with E-state index in [1.807, 2.05) is 20.8 Å². The highest BCUT2D eigenvalue weighted by Gasteiger charge is 2.31. The molecule has 6 nitrogen and oxygen atoms in total. The minimum Gasteiger partial charge on any atom is -0.497 e. The van der Waals surface area contributed by atoms with Gasteiger partial charge in [0.15, 0.2) is 0 Å². The topological polar surface area (TPSA) is 75.8 Å². The fourth-order valence-electron chi connectivity index (χ4n) is 2.62. The number of aryl methyl sites for hydroxylation is 1. The molecule has 2 rings (SSSR count). The van der Waals surface area contributed by atoms with Crippen LogP contribution in [0.4, 0.5) is 0 Å². The Bertz CT molecular complexity index is 746. The summed E-state index contributed by atoms with van der Waals surface area (Å²) in [7, 11) is 3.23. The van der Waals surface area contributed by atoms with Gasteiger partial charge in [-0.1, -0.05) is 38.1 Å². The van der Waals surface area contributed by atoms with Crippen LogP contribution in [-0.4, -0.2) is 41.8 Å². The maximum atomic E-state index is 12.9. The average Bonchev–Trinajstić information content (AvgIpc) is 2.95. The normalized spacial score (nSPS) is 12.8. The second kappa shape index (κ2) is 7.27. The van der Waals surface area contributed by atoms with Gasteiger partial charge < -0.3 is 19.3 Å². The molecule has 0 radical (unpaired) electrons. The Balaban J connectivity index is 2.19. The molecule has 1 aromatic carbocycles. The number of hydrogen-bond acceptors (Lipinski definition) is 5. The number of aliphatic hydroxyl groups excluding tert-OH is 1. The zero-order chi connectivity index (χ0) is 18.8. The van der Waals surface area contributed by atoms with Gasteiger partial charge in [0.1, 0.15) is 22.8 Å². The standard InChI is InChI=1S/C19H26N2O4/c1-12-16(17(20-25-12)19(2,3)4)18(23)21(5)11-15(22)13-8-7-9-14(10-13)24-6/h7-10,15,22H,11H2,1-6H3. The number of carbonyl (C=O) groups is 1. The summed E-state index contributed by atoms with van der Waals surface area (Å²) in [6.07, 6.45) is -0.817. The van der Waals surface area contributed by atoms with Crippen molar-refractivity contribution >= 4 is 5.91 Å². The summed E-state index contributed by atoms with van der Waals surface area (Å²) in [5.74, 6) is 0.929. The van der Waals surface area contributed by atoms with E-state index in [4.69, 9.17) is 9.26 Å². The molecule has 1 N–H and O–H groups in total. The molecule has 136 valence electrons. The Morgan fingerprint density at radius 2 is 2.08 bits per heavy atom. The molecule has 2 aromatic rings. The first kappa shape index (κ1) is 19.0. The van der Waals surface area contributed by atoms with Crippen LogP contribution >= 0.6 is 0 Å². The SMILES string of the molecule is COc1cccc(C(O)CN(C)C(=O)c2c(C(C)(C)C)noc2C)c1. The number of ether oxygens (including phenoxy) is 1. The van der Waals surface area contributed by atoms with E-state index in [0.29, 0.717) is 28.3 Å². The van der Waals surface area contributed by atoms with E-state index in [9.17, 15) is 9.90 Å². The quantitative estimate of drug-likeness (QED) is 0.900. The van der Waals surface area contributed by atoms with E-state index in [0.717, 1.165) is 0 Å². The van der Waals surface area contributed by atoms with Crippen molar-refractivity contribution in [2.75, 3.05) is 20.7 Å². The van der Waals surface area contributed by atoms with Gasteiger partial charge >= 0.3 is 0 Å². The Labute approximate surface area is 148 Å². The fourth-order valence-corrected chi connectivity index (χ4v) is 2.62. The van der Waals surface area contributed by atoms with Crippen LogP contribution in [0, 0.1) is 6.92 Å². The molecule has 0 bridgehead atoms. The molecule has 1 atom stereocenters. The van der Waals surface area contributed by atoms with Gasteiger partial charge in [0.25, 0.3) is 5.91 Å². The van der Waals surface area contributed by atoms with E-state index in [2.05, 4.69) is 5.16 Å². The summed E-state index contributed by atoms with van der Waals surface area (Å²) < 4.78 is 10.4. The van der Waals surface area contributed by atoms with Crippen LogP contribution in [0.15, 0.2) is 28.8 Å². The summed E-state index contributed by atoms with van der Waals surface area (Å²) in [5, 5.41) is 14.5. The van der Waals surface area contributed by atoms with Crippen molar-refractivity contribution in [3.8, 4) is 5.75 Å². The third-order valence-electron chi connectivity index (χ3n) is 4.06. The van der Waals surface area contributed by atoms with Gasteiger partial charge in [-0.05, 0) is 24.6 Å². The monoisotopic (exact) mass is 346 g/mol. The molecule has 1 heterocycles. The van der Waals surface area contributed by atoms with Gasteiger partial charge in [-0.15, -0.1) is 0 Å². The predicted octanol–water partition coefficient (Wildman–Crippen LogP) is 3.09. The number of likely N-dealkylation sites (N-methyl/N-ethyl adjacent to an activating group) is 1. The molecular weight excluding hydrogens is 320 g/mol. The van der Waals surface area contributed by atoms with Crippen LogP contribution in [0.3, 0.4) is 0 Å². The molecule has 6 heteroatoms. The van der Waals surface area contributed by atoms with Crippen LogP contribution < -0.4 is 4.74 Å². The van der Waals surface area contributed by atoms with Crippen molar-refractivity contribution < 1.29 is 19.2 Å². The van der Waals surface area contributed by atoms with Crippen molar-refractivity contribution in [3.63, 3.8) is 0 Å². The summed E-state index contributed by atoms with van der Waals surface area (Å²) in [5.41, 5.74) is 1.47. The van der Waals surface area contributed by atoms with E-state index >= 15 is 0 Å². The van der Waals surface area contributed by atoms with E-state index < -0.39 is 6.10 Å². The molecule has 0 saturated carbocycles. The first-order chi connectivity index (χ1) is 11.6. The molecule has 0 fully saturated rings. The maximum absolute atomic E-state index is 12.9. The molecule has 1 amide bonds. The summed E-state index contributed by atoms with van der Waals surface area (Å²) >= 11 is 0. The van der Waals surface area contributed by atoms with Crippen molar-refractivity contribution in [2.45, 2.75) is 39.2 Å². The lowest BCUT2D eigenvalue weighted by atomic mass is 9.88. The summed E-state index contributed by atoms with van der Waals surface area (Å²) in [4.78, 5) is 14.4. The molecule has 1 unspecified atom stereocenters. The Morgan fingerprint density at radius 1 is 1.40 bits per heavy atom. The number of rotatable bonds is 5. The number of carbonyl (C=O) groups excluding carboxylic acids is 1. The number of benzene rings is 1. The smallest absolute Gasteiger partial charge is 0.259 e. The van der Waals surface area contributed by atoms with Crippen molar-refractivity contribution in [1.29, 1.82) is 0 Å². The van der Waals surface area contributed by atoms with Gasteiger partial charge in [0.05, 0.1) is 19.8 Å². The lowest BCUT2D eigenvalue weighted by Crippen LogP contribution is -2.33. The zero-order valence-electron chi connectivity index (χ0n) is 15.7. The Hall–Kier alpha value is -2.34. The van der Waals surface area contributed by atoms with Crippen molar-refractivity contribution in [2.24, 2.45) is 0 Å². The third-order valence-corrected chi connectivity index (χ3v) is 4.06. The molecule has 0 saturated heterocycles. The molecule has 0 aliphatic carbocycles. The van der Waals surface area contributed by atoms with Crippen LogP contribution in [0.5, 0.6) is 5.75 Å². The van der Waals surface area contributed by atoms with E-state index in [1.54, 1.807) is 45.3 Å². The minimum absolute atomic E-state index is 0.153. The van der Waals surface area contributed by atoms with Gasteiger partial charge in [-0.25, -0.2) is 0 Å². The fraction of sp³-hybridized carbons (Fsp3) is 0.474. The molecule has 0 aliphatic heterocycles. The van der Waals surface area contributed by atoms with Crippen LogP contribution in [0.25, 0.3) is 0 Å². The zero-order valence-corrected chi connectivity index (χ0v) is 15.7. The Kier molecular flexibility index (Phi) is 5.52. The maximum Gasteiger partial charge on any atom is 0.259 e. The molecule has 1 aromatic heterocycles. The van der Waals surface area contributed by atoms with Crippen LogP contribution in [0.2, 0.25) is 0 Å². The molecule has 25 heavy (non-hydrogen) atoms. The minimum atomic E-state index is -0.817. The Morgan fingerprint density at radius 3 is 2.68 bits per heavy atom. The number of amides is 1. The highest BCUT2D eigenvalue weighted by Crippen LogP contribution is 2.28. The van der Waals surface area contributed by atoms with Gasteiger partial charge in [0.2, 0.25) is 0 Å². The summed E-state index contributed by atoms with van der Waals surface area (Å²) in [6, 6.07) is 7.17. The molecule has 0 spiro atoms. The van der Waals surface area contributed by atoms with Crippen LogP contribution in [-0.2, 0) is 5.41 Å². The number of nitrogens with zero attached hydrogens (tertiary/aromatic N) is 2. The van der Waals surface area contributed by atoms with Crippen LogP contribution in [0.1, 0.15) is 54.3 Å². The number of methoxy groups -OCH3 is 1. The van der Waals surface area contributed by atoms with Gasteiger partial charge in [-0.2, -0.15) is 0 Å². The first-order valence-electron chi connectivity index (χ1n) is 8.19. The number of aromatic nitrogens is 1. The van der Waals surface area contributed by atoms with E-state index in [-0.39, 0.29) is 17.9 Å². The largest absolute Gasteiger partial charge is 0.497 e. The third kappa shape index (κ3) is 4.20. The second-order valence-corrected chi connectivity index (χ2v) is 7.19. The van der Waals surface area contributed by atoms with Gasteiger partial charge in [0, 0.05) is 12.5 Å². The highest BCUT2D eigenvalue weighted by atomic mass is 16.5. The predicted molar refractivity (Wildman–Crippen MR) is 94.9 cm³/mol. The molecular formula is C19H26N2O4. The van der Waals surface area contributed by atoms with Crippen molar-refractivity contribution in [3.05, 3.63) is 46.8 Å². The number of hydrogen-bond donors (Lipinski definition) is 1. The summed E-state index contributed by atoms with van der Waals surface area (Å²) in [6.45, 7) is 7.81. The lowest BCUT2D eigenvalue weighted by molar-refractivity contribution is 0.0677. The van der Waals surface area contributed by atoms with Crippen molar-refractivity contribution in [1.82, 2.24) is 10.1 Å². The lowest BCUT2D eigenvalue weighted by Gasteiger charge is -2.23. The average molecular weight is 346 g/mol. The first-order valence-corrected chi connectivity index (χ1v) is 8.19. The number of aliphatic hydroxyl groups is 1. The van der Waals surface area contributed by atoms with Gasteiger partial charge in [-0.3, -0.25) is 4.79 Å². The van der Waals surface area contributed by atoms with E-state index in [1.165, 1.54) is 4.90 Å².